The van der Waals surface area contributed by atoms with Crippen molar-refractivity contribution in [2.75, 3.05) is 0 Å². The third kappa shape index (κ3) is 2.72. The first-order valence-corrected chi connectivity index (χ1v) is 7.62. The molecule has 0 saturated carbocycles. The Morgan fingerprint density at radius 3 is 2.33 bits per heavy atom. The molecule has 0 amide bonds. The minimum atomic E-state index is -0.0802. The SMILES string of the molecule is CCn1c(-c2ccc(C(C)(C)C)n(CC)c2=O)n[nH]c1=S. The van der Waals surface area contributed by atoms with E-state index in [-0.39, 0.29) is 11.0 Å². The van der Waals surface area contributed by atoms with Gasteiger partial charge in [0.15, 0.2) is 10.6 Å². The second-order valence-electron chi connectivity index (χ2n) is 6.03. The van der Waals surface area contributed by atoms with Gasteiger partial charge in [-0.25, -0.2) is 0 Å². The fourth-order valence-electron chi connectivity index (χ4n) is 2.53. The Morgan fingerprint density at radius 1 is 1.19 bits per heavy atom. The van der Waals surface area contributed by atoms with Crippen LogP contribution in [0.15, 0.2) is 16.9 Å². The quantitative estimate of drug-likeness (QED) is 0.887. The molecule has 0 spiro atoms. The average Bonchev–Trinajstić information content (AvgIpc) is 2.78. The van der Waals surface area contributed by atoms with Crippen molar-refractivity contribution in [3.63, 3.8) is 0 Å². The standard InChI is InChI=1S/C15H22N4OS/c1-6-18-11(15(3,4)5)9-8-10(13(18)20)12-16-17-14(21)19(12)7-2/h8-9H,6-7H2,1-5H3,(H,17,21). The van der Waals surface area contributed by atoms with E-state index >= 15 is 0 Å². The Labute approximate surface area is 129 Å². The van der Waals surface area contributed by atoms with Gasteiger partial charge in [0, 0.05) is 24.2 Å². The summed E-state index contributed by atoms with van der Waals surface area (Å²) in [5.74, 6) is 0.607. The number of nitrogens with zero attached hydrogens (tertiary/aromatic N) is 3. The van der Waals surface area contributed by atoms with Crippen molar-refractivity contribution in [3.8, 4) is 11.4 Å². The van der Waals surface area contributed by atoms with E-state index in [1.54, 1.807) is 0 Å². The Balaban J connectivity index is 2.73. The van der Waals surface area contributed by atoms with Gasteiger partial charge in [0.25, 0.3) is 5.56 Å². The van der Waals surface area contributed by atoms with Crippen molar-refractivity contribution in [3.05, 3.63) is 33.0 Å². The largest absolute Gasteiger partial charge is 0.312 e. The van der Waals surface area contributed by atoms with E-state index in [4.69, 9.17) is 12.2 Å². The first kappa shape index (κ1) is 15.7. The monoisotopic (exact) mass is 306 g/mol. The molecule has 0 aliphatic rings. The van der Waals surface area contributed by atoms with Crippen LogP contribution in [0.25, 0.3) is 11.4 Å². The molecular weight excluding hydrogens is 284 g/mol. The van der Waals surface area contributed by atoms with Gasteiger partial charge < -0.3 is 9.13 Å². The van der Waals surface area contributed by atoms with E-state index in [1.165, 1.54) is 0 Å². The Kier molecular flexibility index (Phi) is 4.18. The smallest absolute Gasteiger partial charge is 0.261 e. The fraction of sp³-hybridized carbons (Fsp3) is 0.533. The lowest BCUT2D eigenvalue weighted by atomic mass is 9.90. The van der Waals surface area contributed by atoms with Crippen LogP contribution in [-0.4, -0.2) is 19.3 Å². The first-order chi connectivity index (χ1) is 9.81. The molecule has 21 heavy (non-hydrogen) atoms. The number of hydrogen-bond acceptors (Lipinski definition) is 3. The summed E-state index contributed by atoms with van der Waals surface area (Å²) >= 11 is 5.20. The number of H-pyrrole nitrogens is 1. The summed E-state index contributed by atoms with van der Waals surface area (Å²) in [4.78, 5) is 12.8. The third-order valence-corrected chi connectivity index (χ3v) is 3.89. The van der Waals surface area contributed by atoms with Gasteiger partial charge in [-0.15, -0.1) is 0 Å². The van der Waals surface area contributed by atoms with Crippen LogP contribution in [0.5, 0.6) is 0 Å². The second-order valence-corrected chi connectivity index (χ2v) is 6.41. The summed E-state index contributed by atoms with van der Waals surface area (Å²) in [6.45, 7) is 11.6. The van der Waals surface area contributed by atoms with Crippen LogP contribution in [0.1, 0.15) is 40.3 Å². The number of nitrogens with one attached hydrogen (secondary N) is 1. The van der Waals surface area contributed by atoms with Crippen LogP contribution < -0.4 is 5.56 Å². The predicted molar refractivity (Wildman–Crippen MR) is 87.2 cm³/mol. The number of aromatic amines is 1. The van der Waals surface area contributed by atoms with E-state index in [1.807, 2.05) is 35.1 Å². The van der Waals surface area contributed by atoms with Crippen LogP contribution in [0.2, 0.25) is 0 Å². The van der Waals surface area contributed by atoms with Crippen LogP contribution >= 0.6 is 12.2 Å². The van der Waals surface area contributed by atoms with E-state index in [0.29, 0.717) is 29.2 Å². The lowest BCUT2D eigenvalue weighted by Crippen LogP contribution is -2.30. The molecule has 0 bridgehead atoms. The minimum absolute atomic E-state index is 0.0198. The highest BCUT2D eigenvalue weighted by molar-refractivity contribution is 7.71. The molecule has 2 heterocycles. The summed E-state index contributed by atoms with van der Waals surface area (Å²) in [6, 6.07) is 3.87. The normalized spacial score (nSPS) is 11.9. The zero-order valence-electron chi connectivity index (χ0n) is 13.2. The maximum atomic E-state index is 12.8. The Morgan fingerprint density at radius 2 is 1.81 bits per heavy atom. The molecule has 2 aromatic rings. The zero-order valence-corrected chi connectivity index (χ0v) is 14.0. The maximum Gasteiger partial charge on any atom is 0.261 e. The molecule has 2 aromatic heterocycles. The zero-order chi connectivity index (χ0) is 15.8. The van der Waals surface area contributed by atoms with Crippen LogP contribution in [0, 0.1) is 4.77 Å². The molecule has 0 saturated heterocycles. The second kappa shape index (κ2) is 5.60. The molecule has 0 fully saturated rings. The van der Waals surface area contributed by atoms with Crippen molar-refractivity contribution >= 4 is 12.2 Å². The van der Waals surface area contributed by atoms with E-state index < -0.39 is 0 Å². The van der Waals surface area contributed by atoms with Gasteiger partial charge in [0.1, 0.15) is 0 Å². The molecule has 6 heteroatoms. The molecule has 114 valence electrons. The van der Waals surface area contributed by atoms with Gasteiger partial charge in [-0.1, -0.05) is 20.8 Å². The lowest BCUT2D eigenvalue weighted by Gasteiger charge is -2.24. The van der Waals surface area contributed by atoms with Gasteiger partial charge in [-0.3, -0.25) is 9.89 Å². The van der Waals surface area contributed by atoms with Crippen LogP contribution in [-0.2, 0) is 18.5 Å². The highest BCUT2D eigenvalue weighted by Gasteiger charge is 2.21. The molecule has 0 unspecified atom stereocenters. The van der Waals surface area contributed by atoms with Gasteiger partial charge in [0.05, 0.1) is 5.56 Å². The maximum absolute atomic E-state index is 12.8. The summed E-state index contributed by atoms with van der Waals surface area (Å²) in [6.07, 6.45) is 0. The number of pyridine rings is 1. The highest BCUT2D eigenvalue weighted by Crippen LogP contribution is 2.23. The highest BCUT2D eigenvalue weighted by atomic mass is 32.1. The summed E-state index contributed by atoms with van der Waals surface area (Å²) in [7, 11) is 0. The van der Waals surface area contributed by atoms with Gasteiger partial charge >= 0.3 is 0 Å². The molecular formula is C15H22N4OS. The van der Waals surface area contributed by atoms with Crippen molar-refractivity contribution < 1.29 is 0 Å². The number of aromatic nitrogens is 4. The summed E-state index contributed by atoms with van der Waals surface area (Å²) in [5, 5.41) is 6.98. The van der Waals surface area contributed by atoms with Gasteiger partial charge in [-0.05, 0) is 38.2 Å². The molecule has 2 rings (SSSR count). The third-order valence-electron chi connectivity index (χ3n) is 3.57. The van der Waals surface area contributed by atoms with Crippen molar-refractivity contribution in [2.45, 2.75) is 53.1 Å². The van der Waals surface area contributed by atoms with E-state index in [0.717, 1.165) is 5.69 Å². The average molecular weight is 306 g/mol. The Bertz CT molecular complexity index is 761. The number of hydrogen-bond donors (Lipinski definition) is 1. The van der Waals surface area contributed by atoms with Crippen LogP contribution in [0.3, 0.4) is 0 Å². The van der Waals surface area contributed by atoms with Crippen LogP contribution in [0.4, 0.5) is 0 Å². The minimum Gasteiger partial charge on any atom is -0.312 e. The van der Waals surface area contributed by atoms with Crippen molar-refractivity contribution in [1.82, 2.24) is 19.3 Å². The van der Waals surface area contributed by atoms with Gasteiger partial charge in [-0.2, -0.15) is 5.10 Å². The molecule has 5 nitrogen and oxygen atoms in total. The van der Waals surface area contributed by atoms with E-state index in [9.17, 15) is 4.79 Å². The van der Waals surface area contributed by atoms with Gasteiger partial charge in [0.2, 0.25) is 0 Å². The van der Waals surface area contributed by atoms with E-state index in [2.05, 4.69) is 31.0 Å². The summed E-state index contributed by atoms with van der Waals surface area (Å²) < 4.78 is 4.19. The first-order valence-electron chi connectivity index (χ1n) is 7.21. The summed E-state index contributed by atoms with van der Waals surface area (Å²) in [5.41, 5.74) is 1.51. The van der Waals surface area contributed by atoms with Crippen molar-refractivity contribution in [1.29, 1.82) is 0 Å². The van der Waals surface area contributed by atoms with Crippen molar-refractivity contribution in [2.24, 2.45) is 0 Å². The fourth-order valence-corrected chi connectivity index (χ4v) is 2.80. The Hall–Kier alpha value is -1.69. The molecule has 0 atom stereocenters. The predicted octanol–water partition coefficient (Wildman–Crippen LogP) is 3.11. The molecule has 0 radical (unpaired) electrons. The lowest BCUT2D eigenvalue weighted by molar-refractivity contribution is 0.511. The molecule has 0 aliphatic heterocycles. The topological polar surface area (TPSA) is 55.6 Å². The molecule has 0 aliphatic carbocycles. The molecule has 0 aromatic carbocycles. The molecule has 1 N–H and O–H groups in total. The number of rotatable bonds is 3.